The summed E-state index contributed by atoms with van der Waals surface area (Å²) in [6.07, 6.45) is 0.459. The number of urea groups is 1. The molecule has 140 valence electrons. The van der Waals surface area contributed by atoms with Crippen LogP contribution in [-0.2, 0) is 16.1 Å². The molecule has 1 saturated heterocycles. The molecule has 2 aromatic carbocycles. The van der Waals surface area contributed by atoms with E-state index < -0.39 is 12.1 Å². The molecule has 3 rings (SSSR count). The predicted octanol–water partition coefficient (Wildman–Crippen LogP) is 2.76. The summed E-state index contributed by atoms with van der Waals surface area (Å²) in [7, 11) is 0. The van der Waals surface area contributed by atoms with Crippen molar-refractivity contribution in [2.75, 3.05) is 0 Å². The van der Waals surface area contributed by atoms with Crippen LogP contribution in [0, 0.1) is 0 Å². The first-order valence-electron chi connectivity index (χ1n) is 9.05. The fourth-order valence-electron chi connectivity index (χ4n) is 3.15. The lowest BCUT2D eigenvalue weighted by Crippen LogP contribution is -2.34. The third kappa shape index (κ3) is 4.53. The topological polar surface area (TPSA) is 78.5 Å². The number of nitrogens with zero attached hydrogens (tertiary/aromatic N) is 1. The van der Waals surface area contributed by atoms with E-state index in [0.29, 0.717) is 6.54 Å². The van der Waals surface area contributed by atoms with Gasteiger partial charge in [0.05, 0.1) is 6.04 Å². The molecule has 1 aliphatic rings. The summed E-state index contributed by atoms with van der Waals surface area (Å²) in [4.78, 5) is 38.2. The van der Waals surface area contributed by atoms with Crippen LogP contribution in [-0.4, -0.2) is 28.8 Å². The molecule has 1 heterocycles. The van der Waals surface area contributed by atoms with Crippen LogP contribution in [0.1, 0.15) is 36.9 Å². The zero-order chi connectivity index (χ0) is 19.2. The number of imide groups is 1. The van der Waals surface area contributed by atoms with Crippen LogP contribution in [0.3, 0.4) is 0 Å². The molecule has 2 N–H and O–H groups in total. The van der Waals surface area contributed by atoms with Crippen molar-refractivity contribution in [3.63, 3.8) is 0 Å². The third-order valence-electron chi connectivity index (χ3n) is 4.71. The van der Waals surface area contributed by atoms with Gasteiger partial charge in [-0.3, -0.25) is 14.5 Å². The molecule has 2 aromatic rings. The second kappa shape index (κ2) is 8.49. The van der Waals surface area contributed by atoms with E-state index in [2.05, 4.69) is 10.6 Å². The van der Waals surface area contributed by atoms with Gasteiger partial charge < -0.3 is 10.6 Å². The molecule has 0 saturated carbocycles. The smallest absolute Gasteiger partial charge is 0.325 e. The second-order valence-electron chi connectivity index (χ2n) is 6.60. The Morgan fingerprint density at radius 2 is 1.70 bits per heavy atom. The highest BCUT2D eigenvalue weighted by molar-refractivity contribution is 6.04. The summed E-state index contributed by atoms with van der Waals surface area (Å²) < 4.78 is 0. The van der Waals surface area contributed by atoms with Crippen LogP contribution in [0.4, 0.5) is 4.79 Å². The number of amides is 4. The van der Waals surface area contributed by atoms with E-state index in [1.807, 2.05) is 67.6 Å². The van der Waals surface area contributed by atoms with Crippen molar-refractivity contribution < 1.29 is 14.4 Å². The number of nitrogens with one attached hydrogen (secondary N) is 2. The normalized spacial score (nSPS) is 17.5. The molecule has 2 atom stereocenters. The van der Waals surface area contributed by atoms with Gasteiger partial charge in [-0.1, -0.05) is 60.7 Å². The van der Waals surface area contributed by atoms with Crippen molar-refractivity contribution in [3.8, 4) is 0 Å². The molecule has 27 heavy (non-hydrogen) atoms. The van der Waals surface area contributed by atoms with Crippen molar-refractivity contribution in [1.82, 2.24) is 15.5 Å². The van der Waals surface area contributed by atoms with E-state index in [9.17, 15) is 14.4 Å². The molecule has 0 radical (unpaired) electrons. The minimum absolute atomic E-state index is 0.143. The van der Waals surface area contributed by atoms with Gasteiger partial charge in [-0.15, -0.1) is 0 Å². The summed E-state index contributed by atoms with van der Waals surface area (Å²) in [6.45, 7) is 2.27. The van der Waals surface area contributed by atoms with Crippen LogP contribution in [0.25, 0.3) is 0 Å². The summed E-state index contributed by atoms with van der Waals surface area (Å²) in [5.74, 6) is -0.428. The lowest BCUT2D eigenvalue weighted by molar-refractivity contribution is -0.129. The van der Waals surface area contributed by atoms with E-state index >= 15 is 0 Å². The van der Waals surface area contributed by atoms with Crippen molar-refractivity contribution in [1.29, 1.82) is 0 Å². The number of carbonyl (C=O) groups is 3. The number of hydrogen-bond acceptors (Lipinski definition) is 3. The minimum atomic E-state index is -0.661. The molecule has 0 bridgehead atoms. The Morgan fingerprint density at radius 3 is 2.37 bits per heavy atom. The highest BCUT2D eigenvalue weighted by Crippen LogP contribution is 2.25. The molecule has 6 nitrogen and oxygen atoms in total. The third-order valence-corrected chi connectivity index (χ3v) is 4.71. The lowest BCUT2D eigenvalue weighted by atomic mass is 10.1. The SMILES string of the molecule is CC(c1ccccc1)N1C(=O)NC(CCC(=O)NCc2ccccc2)C1=O. The van der Waals surface area contributed by atoms with Gasteiger partial charge in [-0.25, -0.2) is 4.79 Å². The fraction of sp³-hybridized carbons (Fsp3) is 0.286. The maximum Gasteiger partial charge on any atom is 0.325 e. The lowest BCUT2D eigenvalue weighted by Gasteiger charge is -2.21. The largest absolute Gasteiger partial charge is 0.352 e. The number of carbonyl (C=O) groups excluding carboxylic acids is 3. The maximum absolute atomic E-state index is 12.6. The minimum Gasteiger partial charge on any atom is -0.352 e. The second-order valence-corrected chi connectivity index (χ2v) is 6.60. The van der Waals surface area contributed by atoms with Crippen molar-refractivity contribution in [2.45, 2.75) is 38.4 Å². The van der Waals surface area contributed by atoms with Crippen LogP contribution < -0.4 is 10.6 Å². The van der Waals surface area contributed by atoms with Crippen molar-refractivity contribution >= 4 is 17.8 Å². The highest BCUT2D eigenvalue weighted by atomic mass is 16.2. The maximum atomic E-state index is 12.6. The van der Waals surface area contributed by atoms with Gasteiger partial charge >= 0.3 is 6.03 Å². The van der Waals surface area contributed by atoms with E-state index in [-0.39, 0.29) is 30.7 Å². The van der Waals surface area contributed by atoms with E-state index in [1.54, 1.807) is 0 Å². The fourth-order valence-corrected chi connectivity index (χ4v) is 3.15. The Hall–Kier alpha value is -3.15. The molecule has 2 unspecified atom stereocenters. The molecule has 0 aromatic heterocycles. The Balaban J connectivity index is 1.52. The number of hydrogen-bond donors (Lipinski definition) is 2. The Morgan fingerprint density at radius 1 is 1.07 bits per heavy atom. The first kappa shape index (κ1) is 18.6. The standard InChI is InChI=1S/C21H23N3O3/c1-15(17-10-6-3-7-11-17)24-20(26)18(23-21(24)27)12-13-19(25)22-14-16-8-4-2-5-9-16/h2-11,15,18H,12-14H2,1H3,(H,22,25)(H,23,27). The summed E-state index contributed by atoms with van der Waals surface area (Å²) >= 11 is 0. The predicted molar refractivity (Wildman–Crippen MR) is 102 cm³/mol. The van der Waals surface area contributed by atoms with Gasteiger partial charge in [-0.2, -0.15) is 0 Å². The zero-order valence-electron chi connectivity index (χ0n) is 15.2. The first-order chi connectivity index (χ1) is 13.1. The Kier molecular flexibility index (Phi) is 5.86. The van der Waals surface area contributed by atoms with Gasteiger partial charge in [-0.05, 0) is 24.5 Å². The molecular formula is C21H23N3O3. The Labute approximate surface area is 158 Å². The first-order valence-corrected chi connectivity index (χ1v) is 9.05. The number of rotatable bonds is 7. The summed E-state index contributed by atoms with van der Waals surface area (Å²) in [5.41, 5.74) is 1.90. The number of benzene rings is 2. The van der Waals surface area contributed by atoms with Crippen molar-refractivity contribution in [2.24, 2.45) is 0 Å². The van der Waals surface area contributed by atoms with Gasteiger partial charge in [0.2, 0.25) is 5.91 Å². The van der Waals surface area contributed by atoms with Gasteiger partial charge in [0.1, 0.15) is 6.04 Å². The van der Waals surface area contributed by atoms with Crippen LogP contribution in [0.15, 0.2) is 60.7 Å². The van der Waals surface area contributed by atoms with E-state index in [0.717, 1.165) is 11.1 Å². The monoisotopic (exact) mass is 365 g/mol. The van der Waals surface area contributed by atoms with E-state index in [1.165, 1.54) is 4.90 Å². The summed E-state index contributed by atoms with van der Waals surface area (Å²) in [5, 5.41) is 5.52. The van der Waals surface area contributed by atoms with Gasteiger partial charge in [0.15, 0.2) is 0 Å². The molecule has 0 aliphatic carbocycles. The average Bonchev–Trinajstić information content (AvgIpc) is 2.99. The van der Waals surface area contributed by atoms with Crippen LogP contribution in [0.2, 0.25) is 0 Å². The molecular weight excluding hydrogens is 342 g/mol. The molecule has 1 aliphatic heterocycles. The highest BCUT2D eigenvalue weighted by Gasteiger charge is 2.40. The average molecular weight is 365 g/mol. The molecule has 4 amide bonds. The van der Waals surface area contributed by atoms with E-state index in [4.69, 9.17) is 0 Å². The van der Waals surface area contributed by atoms with Gasteiger partial charge in [0.25, 0.3) is 5.91 Å². The zero-order valence-corrected chi connectivity index (χ0v) is 15.2. The molecule has 1 fully saturated rings. The molecule has 0 spiro atoms. The van der Waals surface area contributed by atoms with Crippen LogP contribution in [0.5, 0.6) is 0 Å². The molecule has 6 heteroatoms. The Bertz CT molecular complexity index is 808. The van der Waals surface area contributed by atoms with Gasteiger partial charge in [0, 0.05) is 13.0 Å². The van der Waals surface area contributed by atoms with Crippen LogP contribution >= 0.6 is 0 Å². The van der Waals surface area contributed by atoms with Crippen molar-refractivity contribution in [3.05, 3.63) is 71.8 Å². The quantitative estimate of drug-likeness (QED) is 0.741. The summed E-state index contributed by atoms with van der Waals surface area (Å²) in [6, 6.07) is 17.6.